The Morgan fingerprint density at radius 1 is 1.19 bits per heavy atom. The number of methoxy groups -OCH3 is 1. The minimum absolute atomic E-state index is 0. The smallest absolute Gasteiger partial charge is 0.422 e. The number of hydrogen-bond acceptors (Lipinski definition) is 5. The van der Waals surface area contributed by atoms with Crippen LogP contribution in [0.1, 0.15) is 24.3 Å². The minimum Gasteiger partial charge on any atom is -0.493 e. The van der Waals surface area contributed by atoms with Gasteiger partial charge in [0, 0.05) is 11.4 Å². The normalized spacial score (nSPS) is 13.7. The summed E-state index contributed by atoms with van der Waals surface area (Å²) in [5.74, 6) is 0.718. The first-order chi connectivity index (χ1) is 14.1. The first-order valence-corrected chi connectivity index (χ1v) is 10.2. The van der Waals surface area contributed by atoms with Crippen LogP contribution in [0.2, 0.25) is 0 Å². The number of halogens is 4. The Morgan fingerprint density at radius 3 is 2.52 bits per heavy atom. The zero-order valence-corrected chi connectivity index (χ0v) is 20.6. The summed E-state index contributed by atoms with van der Waals surface area (Å²) in [6.07, 6.45) is -4.43. The molecular formula is C20H27F3IN3O3S. The maximum atomic E-state index is 12.4. The Kier molecular flexibility index (Phi) is 10.9. The number of thiophene rings is 1. The number of nitrogens with zero attached hydrogens (tertiary/aromatic N) is 1. The molecule has 174 valence electrons. The Morgan fingerprint density at radius 2 is 1.94 bits per heavy atom. The molecule has 0 aliphatic rings. The number of alkyl halides is 3. The summed E-state index contributed by atoms with van der Waals surface area (Å²) in [6.45, 7) is 3.39. The van der Waals surface area contributed by atoms with Crippen LogP contribution in [0.3, 0.4) is 0 Å². The molecule has 1 aromatic carbocycles. The molecule has 0 saturated carbocycles. The molecule has 0 radical (unpaired) electrons. The summed E-state index contributed by atoms with van der Waals surface area (Å²) in [4.78, 5) is 5.31. The van der Waals surface area contributed by atoms with Crippen molar-refractivity contribution in [3.63, 3.8) is 0 Å². The summed E-state index contributed by atoms with van der Waals surface area (Å²) in [5.41, 5.74) is -0.321. The summed E-state index contributed by atoms with van der Waals surface area (Å²) in [5, 5.41) is 18.7. The Hall–Kier alpha value is -1.73. The zero-order chi connectivity index (χ0) is 22.2. The molecule has 0 saturated heterocycles. The average Bonchev–Trinajstić information content (AvgIpc) is 3.24. The van der Waals surface area contributed by atoms with Crippen molar-refractivity contribution in [2.24, 2.45) is 4.99 Å². The number of hydrogen-bond donors (Lipinski definition) is 3. The van der Waals surface area contributed by atoms with Crippen LogP contribution in [-0.4, -0.2) is 44.0 Å². The highest BCUT2D eigenvalue weighted by atomic mass is 127. The van der Waals surface area contributed by atoms with E-state index in [4.69, 9.17) is 9.47 Å². The number of aliphatic hydroxyl groups is 1. The van der Waals surface area contributed by atoms with Crippen LogP contribution < -0.4 is 20.1 Å². The van der Waals surface area contributed by atoms with E-state index in [1.54, 1.807) is 19.1 Å². The molecule has 1 aromatic heterocycles. The first-order valence-electron chi connectivity index (χ1n) is 9.29. The average molecular weight is 573 g/mol. The van der Waals surface area contributed by atoms with E-state index in [1.165, 1.54) is 24.5 Å². The first kappa shape index (κ1) is 27.3. The standard InChI is InChI=1S/C20H26F3N3O3S.HI/c1-4-24-18(26-12-19(2,27)17-6-5-9-30-17)25-11-14-7-8-15(16(10-14)28-3)29-13-20(21,22)23;/h5-10,27H,4,11-13H2,1-3H3,(H2,24,25,26);1H. The topological polar surface area (TPSA) is 75.1 Å². The van der Waals surface area contributed by atoms with Crippen LogP contribution in [0.4, 0.5) is 13.2 Å². The third kappa shape index (κ3) is 9.11. The van der Waals surface area contributed by atoms with Gasteiger partial charge in [-0.05, 0) is 43.0 Å². The van der Waals surface area contributed by atoms with Gasteiger partial charge in [0.15, 0.2) is 24.1 Å². The zero-order valence-electron chi connectivity index (χ0n) is 17.5. The van der Waals surface area contributed by atoms with Crippen molar-refractivity contribution in [1.82, 2.24) is 10.6 Å². The number of nitrogens with one attached hydrogen (secondary N) is 2. The minimum atomic E-state index is -4.43. The van der Waals surface area contributed by atoms with Crippen LogP contribution in [0, 0.1) is 0 Å². The van der Waals surface area contributed by atoms with Crippen LogP contribution in [0.15, 0.2) is 40.7 Å². The summed E-state index contributed by atoms with van der Waals surface area (Å²) < 4.78 is 47.0. The molecule has 0 fully saturated rings. The third-order valence-corrected chi connectivity index (χ3v) is 5.16. The largest absolute Gasteiger partial charge is 0.493 e. The SMILES string of the molecule is CCNC(=NCc1ccc(OCC(F)(F)F)c(OC)c1)NCC(C)(O)c1cccs1.I. The van der Waals surface area contributed by atoms with Crippen LogP contribution in [0.5, 0.6) is 11.5 Å². The van der Waals surface area contributed by atoms with Crippen molar-refractivity contribution in [3.05, 3.63) is 46.2 Å². The molecule has 0 aliphatic carbocycles. The lowest BCUT2D eigenvalue weighted by molar-refractivity contribution is -0.153. The van der Waals surface area contributed by atoms with Crippen molar-refractivity contribution in [1.29, 1.82) is 0 Å². The molecule has 6 nitrogen and oxygen atoms in total. The number of ether oxygens (including phenoxy) is 2. The van der Waals surface area contributed by atoms with E-state index in [-0.39, 0.29) is 48.6 Å². The van der Waals surface area contributed by atoms with Crippen molar-refractivity contribution in [3.8, 4) is 11.5 Å². The highest BCUT2D eigenvalue weighted by molar-refractivity contribution is 14.0. The molecular weight excluding hydrogens is 546 g/mol. The fourth-order valence-electron chi connectivity index (χ4n) is 2.53. The predicted octanol–water partition coefficient (Wildman–Crippen LogP) is 4.28. The van der Waals surface area contributed by atoms with E-state index in [0.29, 0.717) is 12.5 Å². The molecule has 3 N–H and O–H groups in total. The van der Waals surface area contributed by atoms with E-state index in [2.05, 4.69) is 15.6 Å². The Labute approximate surface area is 200 Å². The second kappa shape index (κ2) is 12.3. The quantitative estimate of drug-likeness (QED) is 0.237. The summed E-state index contributed by atoms with van der Waals surface area (Å²) in [7, 11) is 1.36. The van der Waals surface area contributed by atoms with Gasteiger partial charge >= 0.3 is 6.18 Å². The van der Waals surface area contributed by atoms with Gasteiger partial charge in [-0.2, -0.15) is 13.2 Å². The molecule has 2 rings (SSSR count). The fraction of sp³-hybridized carbons (Fsp3) is 0.450. The van der Waals surface area contributed by atoms with Crippen LogP contribution in [-0.2, 0) is 12.1 Å². The maximum Gasteiger partial charge on any atom is 0.422 e. The van der Waals surface area contributed by atoms with Crippen molar-refractivity contribution in [2.45, 2.75) is 32.2 Å². The van der Waals surface area contributed by atoms with E-state index in [1.807, 2.05) is 24.4 Å². The van der Waals surface area contributed by atoms with Gasteiger partial charge in [-0.3, -0.25) is 0 Å². The molecule has 1 unspecified atom stereocenters. The summed E-state index contributed by atoms with van der Waals surface area (Å²) in [6, 6.07) is 8.38. The molecule has 1 heterocycles. The maximum absolute atomic E-state index is 12.4. The van der Waals surface area contributed by atoms with Gasteiger partial charge in [-0.15, -0.1) is 35.3 Å². The lowest BCUT2D eigenvalue weighted by Gasteiger charge is -2.23. The molecule has 2 aromatic rings. The highest BCUT2D eigenvalue weighted by Gasteiger charge is 2.29. The molecule has 31 heavy (non-hydrogen) atoms. The second-order valence-corrected chi connectivity index (χ2v) is 7.64. The molecule has 0 bridgehead atoms. The highest BCUT2D eigenvalue weighted by Crippen LogP contribution is 2.30. The monoisotopic (exact) mass is 573 g/mol. The van der Waals surface area contributed by atoms with Gasteiger partial charge in [0.2, 0.25) is 0 Å². The molecule has 0 aliphatic heterocycles. The lowest BCUT2D eigenvalue weighted by atomic mass is 10.1. The van der Waals surface area contributed by atoms with Gasteiger partial charge in [-0.25, -0.2) is 4.99 Å². The second-order valence-electron chi connectivity index (χ2n) is 6.69. The van der Waals surface area contributed by atoms with Gasteiger partial charge in [0.25, 0.3) is 0 Å². The molecule has 0 spiro atoms. The van der Waals surface area contributed by atoms with Crippen molar-refractivity contribution < 1.29 is 27.8 Å². The van der Waals surface area contributed by atoms with Gasteiger partial charge in [-0.1, -0.05) is 12.1 Å². The number of benzene rings is 1. The number of aliphatic imine (C=N–C) groups is 1. The van der Waals surface area contributed by atoms with Gasteiger partial charge < -0.3 is 25.2 Å². The van der Waals surface area contributed by atoms with Crippen molar-refractivity contribution >= 4 is 41.3 Å². The predicted molar refractivity (Wildman–Crippen MR) is 127 cm³/mol. The van der Waals surface area contributed by atoms with E-state index < -0.39 is 18.4 Å². The Bertz CT molecular complexity index is 831. The van der Waals surface area contributed by atoms with E-state index >= 15 is 0 Å². The van der Waals surface area contributed by atoms with Crippen molar-refractivity contribution in [2.75, 3.05) is 26.8 Å². The lowest BCUT2D eigenvalue weighted by Crippen LogP contribution is -2.44. The number of guanidine groups is 1. The van der Waals surface area contributed by atoms with E-state index in [0.717, 1.165) is 10.4 Å². The van der Waals surface area contributed by atoms with Gasteiger partial charge in [0.1, 0.15) is 5.60 Å². The number of rotatable bonds is 9. The van der Waals surface area contributed by atoms with E-state index in [9.17, 15) is 18.3 Å². The van der Waals surface area contributed by atoms with Crippen LogP contribution >= 0.6 is 35.3 Å². The van der Waals surface area contributed by atoms with Gasteiger partial charge in [0.05, 0.1) is 20.2 Å². The molecule has 0 amide bonds. The molecule has 11 heteroatoms. The third-order valence-electron chi connectivity index (χ3n) is 4.04. The Balaban J connectivity index is 0.00000480. The molecule has 1 atom stereocenters. The summed E-state index contributed by atoms with van der Waals surface area (Å²) >= 11 is 1.47. The van der Waals surface area contributed by atoms with Crippen LogP contribution in [0.25, 0.3) is 0 Å². The fourth-order valence-corrected chi connectivity index (χ4v) is 3.32.